The number of hydrogen-bond acceptors (Lipinski definition) is 8. The van der Waals surface area contributed by atoms with E-state index in [2.05, 4.69) is 0 Å². The first-order chi connectivity index (χ1) is 17.2. The van der Waals surface area contributed by atoms with E-state index in [4.69, 9.17) is 19.6 Å². The van der Waals surface area contributed by atoms with Crippen LogP contribution >= 0.6 is 0 Å². The summed E-state index contributed by atoms with van der Waals surface area (Å²) in [5.74, 6) is -0.409. The second-order valence-electron chi connectivity index (χ2n) is 9.07. The van der Waals surface area contributed by atoms with Gasteiger partial charge in [-0.3, -0.25) is 4.79 Å². The normalized spacial score (nSPS) is 17.9. The summed E-state index contributed by atoms with van der Waals surface area (Å²) in [6, 6.07) is 6.85. The van der Waals surface area contributed by atoms with Gasteiger partial charge >= 0.3 is 12.1 Å². The number of esters is 1. The van der Waals surface area contributed by atoms with E-state index in [-0.39, 0.29) is 42.9 Å². The average molecular weight is 494 g/mol. The first-order valence-electron chi connectivity index (χ1n) is 11.9. The molecular weight excluding hydrogens is 466 g/mol. The van der Waals surface area contributed by atoms with E-state index < -0.39 is 17.7 Å². The van der Waals surface area contributed by atoms with Gasteiger partial charge in [0.1, 0.15) is 12.4 Å². The van der Waals surface area contributed by atoms with Gasteiger partial charge in [-0.15, -0.1) is 0 Å². The molecule has 0 unspecified atom stereocenters. The molecule has 4 heterocycles. The predicted octanol–water partition coefficient (Wildman–Crippen LogP) is 2.06. The fraction of sp³-hybridized carbons (Fsp3) is 0.385. The van der Waals surface area contributed by atoms with Crippen LogP contribution in [0.2, 0.25) is 0 Å². The molecule has 36 heavy (non-hydrogen) atoms. The molecule has 0 fully saturated rings. The maximum Gasteiger partial charge on any atom is 0.415 e. The molecule has 0 radical (unpaired) electrons. The van der Waals surface area contributed by atoms with E-state index in [1.807, 2.05) is 6.92 Å². The lowest BCUT2D eigenvalue weighted by molar-refractivity contribution is -0.172. The van der Waals surface area contributed by atoms with Gasteiger partial charge in [0, 0.05) is 30.1 Å². The lowest BCUT2D eigenvalue weighted by Crippen LogP contribution is -2.44. The van der Waals surface area contributed by atoms with Crippen molar-refractivity contribution in [3.63, 3.8) is 0 Å². The van der Waals surface area contributed by atoms with Crippen molar-refractivity contribution in [2.24, 2.45) is 0 Å². The van der Waals surface area contributed by atoms with E-state index in [0.717, 1.165) is 16.5 Å². The average Bonchev–Trinajstić information content (AvgIpc) is 3.24. The van der Waals surface area contributed by atoms with Crippen molar-refractivity contribution in [2.45, 2.75) is 45.4 Å². The Morgan fingerprint density at radius 3 is 2.72 bits per heavy atom. The summed E-state index contributed by atoms with van der Waals surface area (Å²) < 4.78 is 12.2. The van der Waals surface area contributed by atoms with Gasteiger partial charge in [-0.2, -0.15) is 0 Å². The van der Waals surface area contributed by atoms with Crippen LogP contribution in [0, 0.1) is 0 Å². The minimum Gasteiger partial charge on any atom is -0.458 e. The highest BCUT2D eigenvalue weighted by atomic mass is 16.6. The topological polar surface area (TPSA) is 131 Å². The number of ether oxygens (including phenoxy) is 2. The number of carbonyl (C=O) groups is 2. The second kappa shape index (κ2) is 8.72. The van der Waals surface area contributed by atoms with Crippen LogP contribution < -0.4 is 10.3 Å². The van der Waals surface area contributed by atoms with Crippen LogP contribution in [0.3, 0.4) is 0 Å². The van der Waals surface area contributed by atoms with Crippen molar-refractivity contribution in [3.8, 4) is 17.1 Å². The molecule has 188 valence electrons. The predicted molar refractivity (Wildman–Crippen MR) is 130 cm³/mol. The van der Waals surface area contributed by atoms with E-state index in [1.54, 1.807) is 35.8 Å². The summed E-state index contributed by atoms with van der Waals surface area (Å²) in [4.78, 5) is 44.2. The van der Waals surface area contributed by atoms with E-state index in [0.29, 0.717) is 35.6 Å². The summed E-state index contributed by atoms with van der Waals surface area (Å²) in [6.07, 6.45) is 0.140. The Balaban J connectivity index is 1.64. The zero-order valence-corrected chi connectivity index (χ0v) is 20.3. The fourth-order valence-electron chi connectivity index (χ4n) is 5.03. The molecule has 0 spiro atoms. The summed E-state index contributed by atoms with van der Waals surface area (Å²) in [6.45, 7) is 3.77. The molecule has 10 heteroatoms. The first-order valence-corrected chi connectivity index (χ1v) is 11.9. The molecule has 3 aromatic rings. The number of aliphatic hydroxyl groups is 2. The highest BCUT2D eigenvalue weighted by Crippen LogP contribution is 2.40. The van der Waals surface area contributed by atoms with Gasteiger partial charge in [-0.25, -0.2) is 14.6 Å². The number of cyclic esters (lactones) is 1. The van der Waals surface area contributed by atoms with Crippen LogP contribution in [0.4, 0.5) is 4.79 Å². The van der Waals surface area contributed by atoms with Crippen LogP contribution in [0.15, 0.2) is 29.1 Å². The molecule has 2 aromatic heterocycles. The number of hydrogen-bond donors (Lipinski definition) is 2. The number of fused-ring (bicyclic) bond motifs is 5. The zero-order chi connectivity index (χ0) is 25.8. The van der Waals surface area contributed by atoms with Gasteiger partial charge in [-0.1, -0.05) is 13.8 Å². The Labute approximate surface area is 206 Å². The number of rotatable bonds is 5. The number of benzene rings is 1. The molecule has 0 saturated carbocycles. The maximum absolute atomic E-state index is 13.4. The monoisotopic (exact) mass is 493 g/mol. The Morgan fingerprint density at radius 2 is 2.03 bits per heavy atom. The number of nitrogens with zero attached hydrogens (tertiary/aromatic N) is 3. The third-order valence-corrected chi connectivity index (χ3v) is 7.08. The molecule has 0 saturated heterocycles. The van der Waals surface area contributed by atoms with Crippen molar-refractivity contribution >= 4 is 23.0 Å². The van der Waals surface area contributed by atoms with Gasteiger partial charge in [-0.05, 0) is 42.7 Å². The number of amides is 1. The standard InChI is InChI=1S/C26H27N3O7/c1-4-15-16-10-14(36-25(33)28(3)8-9-30)6-7-20(16)27-22-17(15)12-29-21(22)11-19-18(23(29)31)13-35-24(32)26(19,34)5-2/h6-7,10-11,30,34H,4-5,8-9,12-13H2,1-3H3/t26-/m0/s1. The second-order valence-corrected chi connectivity index (χ2v) is 9.07. The van der Waals surface area contributed by atoms with Crippen LogP contribution in [0.25, 0.3) is 22.3 Å². The van der Waals surface area contributed by atoms with Gasteiger partial charge in [0.25, 0.3) is 5.56 Å². The Hall–Kier alpha value is -3.76. The van der Waals surface area contributed by atoms with Crippen LogP contribution in [-0.4, -0.2) is 56.9 Å². The Morgan fingerprint density at radius 1 is 1.25 bits per heavy atom. The number of aryl methyl sites for hydroxylation is 1. The highest BCUT2D eigenvalue weighted by Gasteiger charge is 2.45. The molecule has 0 bridgehead atoms. The highest BCUT2D eigenvalue weighted by molar-refractivity contribution is 5.90. The number of aliphatic hydroxyl groups excluding tert-OH is 1. The SMILES string of the molecule is CCc1c2c(nc3ccc(OC(=O)N(C)CCO)cc13)-c1cc3c(c(=O)n1C2)COC(=O)[C@]3(O)CC. The summed E-state index contributed by atoms with van der Waals surface area (Å²) in [5.41, 5.74) is 2.05. The molecular formula is C26H27N3O7. The molecule has 2 aliphatic heterocycles. The van der Waals surface area contributed by atoms with Gasteiger partial charge < -0.3 is 29.2 Å². The van der Waals surface area contributed by atoms with Crippen LogP contribution in [0.5, 0.6) is 5.75 Å². The Kier molecular flexibility index (Phi) is 5.80. The van der Waals surface area contributed by atoms with Gasteiger partial charge in [0.2, 0.25) is 0 Å². The fourth-order valence-corrected chi connectivity index (χ4v) is 5.03. The number of pyridine rings is 2. The molecule has 5 rings (SSSR count). The van der Waals surface area contributed by atoms with Gasteiger partial charge in [0.05, 0.1) is 35.6 Å². The number of aromatic nitrogens is 2. The van der Waals surface area contributed by atoms with Crippen LogP contribution in [-0.2, 0) is 34.7 Å². The Bertz CT molecular complexity index is 1480. The molecule has 1 aromatic carbocycles. The van der Waals surface area contributed by atoms with Crippen molar-refractivity contribution < 1.29 is 29.3 Å². The van der Waals surface area contributed by atoms with Crippen molar-refractivity contribution in [3.05, 3.63) is 56.9 Å². The molecule has 10 nitrogen and oxygen atoms in total. The minimum absolute atomic E-state index is 0.0783. The minimum atomic E-state index is -1.88. The third kappa shape index (κ3) is 3.48. The summed E-state index contributed by atoms with van der Waals surface area (Å²) in [5, 5.41) is 20.9. The van der Waals surface area contributed by atoms with Crippen LogP contribution in [0.1, 0.15) is 42.5 Å². The molecule has 0 aliphatic carbocycles. The first kappa shape index (κ1) is 24.0. The quantitative estimate of drug-likeness (QED) is 0.404. The number of carbonyl (C=O) groups excluding carboxylic acids is 2. The van der Waals surface area contributed by atoms with E-state index in [1.165, 1.54) is 11.9 Å². The lowest BCUT2D eigenvalue weighted by atomic mass is 9.86. The van der Waals surface area contributed by atoms with E-state index in [9.17, 15) is 19.5 Å². The summed E-state index contributed by atoms with van der Waals surface area (Å²) in [7, 11) is 1.54. The molecule has 2 aliphatic rings. The van der Waals surface area contributed by atoms with Crippen molar-refractivity contribution in [2.75, 3.05) is 20.2 Å². The van der Waals surface area contributed by atoms with E-state index >= 15 is 0 Å². The molecule has 1 atom stereocenters. The zero-order valence-electron chi connectivity index (χ0n) is 20.3. The van der Waals surface area contributed by atoms with Crippen molar-refractivity contribution in [1.82, 2.24) is 14.5 Å². The third-order valence-electron chi connectivity index (χ3n) is 7.08. The molecule has 2 N–H and O–H groups in total. The van der Waals surface area contributed by atoms with Crippen molar-refractivity contribution in [1.29, 1.82) is 0 Å². The van der Waals surface area contributed by atoms with Gasteiger partial charge in [0.15, 0.2) is 5.60 Å². The molecule has 1 amide bonds. The largest absolute Gasteiger partial charge is 0.458 e. The summed E-state index contributed by atoms with van der Waals surface area (Å²) >= 11 is 0. The maximum atomic E-state index is 13.4. The number of likely N-dealkylation sites (N-methyl/N-ethyl adjacent to an activating group) is 1. The lowest BCUT2D eigenvalue weighted by Gasteiger charge is -2.31. The smallest absolute Gasteiger partial charge is 0.415 e.